The SMILES string of the molecule is COCCS(=O)(=O)Nc1ccc(F)cc1C#CCN. The standard InChI is InChI=1S/C12H15FN2O3S/c1-18-7-8-19(16,17)15-12-5-4-11(13)9-10(12)3-2-6-14/h4-5,9,15H,6-8,14H2,1H3. The van der Waals surface area contributed by atoms with Gasteiger partial charge in [0.15, 0.2) is 0 Å². The number of sulfonamides is 1. The van der Waals surface area contributed by atoms with Gasteiger partial charge in [-0.05, 0) is 18.2 Å². The van der Waals surface area contributed by atoms with E-state index in [0.717, 1.165) is 12.1 Å². The first kappa shape index (κ1) is 15.4. The van der Waals surface area contributed by atoms with E-state index >= 15 is 0 Å². The molecule has 0 aliphatic carbocycles. The molecule has 0 aromatic heterocycles. The molecule has 3 N–H and O–H groups in total. The van der Waals surface area contributed by atoms with Crippen LogP contribution >= 0.6 is 0 Å². The second-order valence-electron chi connectivity index (χ2n) is 3.61. The summed E-state index contributed by atoms with van der Waals surface area (Å²) < 4.78 is 43.6. The zero-order valence-corrected chi connectivity index (χ0v) is 11.3. The molecule has 5 nitrogen and oxygen atoms in total. The van der Waals surface area contributed by atoms with Crippen molar-refractivity contribution in [3.63, 3.8) is 0 Å². The van der Waals surface area contributed by atoms with Crippen LogP contribution in [0.1, 0.15) is 5.56 Å². The third kappa shape index (κ3) is 5.26. The Labute approximate surface area is 112 Å². The highest BCUT2D eigenvalue weighted by molar-refractivity contribution is 7.92. The zero-order chi connectivity index (χ0) is 14.3. The number of nitrogens with one attached hydrogen (secondary N) is 1. The lowest BCUT2D eigenvalue weighted by Crippen LogP contribution is -2.20. The summed E-state index contributed by atoms with van der Waals surface area (Å²) in [5.74, 6) is 4.48. The Morgan fingerprint density at radius 2 is 2.21 bits per heavy atom. The van der Waals surface area contributed by atoms with Gasteiger partial charge >= 0.3 is 0 Å². The minimum Gasteiger partial charge on any atom is -0.384 e. The third-order valence-corrected chi connectivity index (χ3v) is 3.36. The fourth-order valence-corrected chi connectivity index (χ4v) is 2.27. The lowest BCUT2D eigenvalue weighted by molar-refractivity contribution is 0.217. The summed E-state index contributed by atoms with van der Waals surface area (Å²) in [5, 5.41) is 0. The van der Waals surface area contributed by atoms with Crippen LogP contribution in [0.4, 0.5) is 10.1 Å². The van der Waals surface area contributed by atoms with Gasteiger partial charge in [-0.15, -0.1) is 0 Å². The van der Waals surface area contributed by atoms with Crippen molar-refractivity contribution in [2.45, 2.75) is 0 Å². The molecule has 0 amide bonds. The molecule has 1 aromatic rings. The van der Waals surface area contributed by atoms with Crippen molar-refractivity contribution < 1.29 is 17.5 Å². The van der Waals surface area contributed by atoms with Gasteiger partial charge in [-0.3, -0.25) is 4.72 Å². The summed E-state index contributed by atoms with van der Waals surface area (Å²) in [6, 6.07) is 3.62. The quantitative estimate of drug-likeness (QED) is 0.773. The molecule has 0 aliphatic heterocycles. The molecule has 0 aliphatic rings. The molecule has 0 saturated heterocycles. The summed E-state index contributed by atoms with van der Waals surface area (Å²) in [7, 11) is -2.15. The van der Waals surface area contributed by atoms with Crippen molar-refractivity contribution in [2.75, 3.05) is 30.7 Å². The molecule has 1 aromatic carbocycles. The van der Waals surface area contributed by atoms with E-state index in [1.54, 1.807) is 0 Å². The van der Waals surface area contributed by atoms with Crippen molar-refractivity contribution in [1.29, 1.82) is 0 Å². The first-order valence-electron chi connectivity index (χ1n) is 5.46. The number of hydrogen-bond acceptors (Lipinski definition) is 4. The van der Waals surface area contributed by atoms with E-state index in [9.17, 15) is 12.8 Å². The molecule has 0 saturated carbocycles. The third-order valence-electron chi connectivity index (χ3n) is 2.13. The van der Waals surface area contributed by atoms with Crippen molar-refractivity contribution in [3.05, 3.63) is 29.6 Å². The van der Waals surface area contributed by atoms with E-state index in [1.807, 2.05) is 0 Å². The van der Waals surface area contributed by atoms with Gasteiger partial charge in [0, 0.05) is 7.11 Å². The highest BCUT2D eigenvalue weighted by atomic mass is 32.2. The monoisotopic (exact) mass is 286 g/mol. The van der Waals surface area contributed by atoms with Gasteiger partial charge in [0.25, 0.3) is 0 Å². The second-order valence-corrected chi connectivity index (χ2v) is 5.45. The van der Waals surface area contributed by atoms with Gasteiger partial charge in [0.2, 0.25) is 10.0 Å². The van der Waals surface area contributed by atoms with E-state index in [0.29, 0.717) is 0 Å². The van der Waals surface area contributed by atoms with Gasteiger partial charge in [0.05, 0.1) is 30.2 Å². The van der Waals surface area contributed by atoms with E-state index in [1.165, 1.54) is 13.2 Å². The number of anilines is 1. The topological polar surface area (TPSA) is 81.4 Å². The number of benzene rings is 1. The highest BCUT2D eigenvalue weighted by Gasteiger charge is 2.12. The number of halogens is 1. The van der Waals surface area contributed by atoms with E-state index in [-0.39, 0.29) is 30.2 Å². The maximum absolute atomic E-state index is 13.1. The Morgan fingerprint density at radius 1 is 1.47 bits per heavy atom. The molecule has 0 radical (unpaired) electrons. The van der Waals surface area contributed by atoms with E-state index < -0.39 is 15.8 Å². The van der Waals surface area contributed by atoms with E-state index in [4.69, 9.17) is 10.5 Å². The number of hydrogen-bond donors (Lipinski definition) is 2. The number of rotatable bonds is 5. The number of ether oxygens (including phenoxy) is 1. The Balaban J connectivity index is 3.00. The molecule has 19 heavy (non-hydrogen) atoms. The lowest BCUT2D eigenvalue weighted by Gasteiger charge is -2.09. The summed E-state index contributed by atoms with van der Waals surface area (Å²) in [5.41, 5.74) is 5.70. The molecule has 0 atom stereocenters. The predicted octanol–water partition coefficient (Wildman–Crippen LogP) is 0.524. The summed E-state index contributed by atoms with van der Waals surface area (Å²) in [6.45, 7) is 0.173. The Morgan fingerprint density at radius 3 is 2.84 bits per heavy atom. The molecule has 0 heterocycles. The summed E-state index contributed by atoms with van der Waals surface area (Å²) in [6.07, 6.45) is 0. The molecular weight excluding hydrogens is 271 g/mol. The van der Waals surface area contributed by atoms with Crippen LogP contribution in [0.5, 0.6) is 0 Å². The molecular formula is C12H15FN2O3S. The molecule has 1 rings (SSSR count). The van der Waals surface area contributed by atoms with Crippen LogP contribution in [0, 0.1) is 17.7 Å². The van der Waals surface area contributed by atoms with Crippen LogP contribution in [0.3, 0.4) is 0 Å². The maximum Gasteiger partial charge on any atom is 0.235 e. The molecule has 0 bridgehead atoms. The van der Waals surface area contributed by atoms with Crippen molar-refractivity contribution in [1.82, 2.24) is 0 Å². The predicted molar refractivity (Wildman–Crippen MR) is 71.6 cm³/mol. The number of methoxy groups -OCH3 is 1. The Kier molecular flexibility index (Phi) is 5.76. The molecule has 0 fully saturated rings. The van der Waals surface area contributed by atoms with Crippen molar-refractivity contribution in [2.24, 2.45) is 5.73 Å². The lowest BCUT2D eigenvalue weighted by atomic mass is 10.2. The fraction of sp³-hybridized carbons (Fsp3) is 0.333. The normalized spacial score (nSPS) is 10.7. The minimum absolute atomic E-state index is 0.0698. The fourth-order valence-electron chi connectivity index (χ4n) is 1.27. The first-order chi connectivity index (χ1) is 8.98. The molecule has 0 spiro atoms. The molecule has 7 heteroatoms. The van der Waals surface area contributed by atoms with Crippen molar-refractivity contribution in [3.8, 4) is 11.8 Å². The van der Waals surface area contributed by atoms with Crippen LogP contribution in [0.25, 0.3) is 0 Å². The smallest absolute Gasteiger partial charge is 0.235 e. The van der Waals surface area contributed by atoms with Gasteiger partial charge < -0.3 is 10.5 Å². The van der Waals surface area contributed by atoms with Crippen LogP contribution < -0.4 is 10.5 Å². The summed E-state index contributed by atoms with van der Waals surface area (Å²) in [4.78, 5) is 0. The van der Waals surface area contributed by atoms with Gasteiger partial charge in [-0.1, -0.05) is 11.8 Å². The Bertz CT molecular complexity index is 591. The molecule has 104 valence electrons. The van der Waals surface area contributed by atoms with Crippen LogP contribution in [-0.2, 0) is 14.8 Å². The van der Waals surface area contributed by atoms with Gasteiger partial charge in [-0.25, -0.2) is 12.8 Å². The first-order valence-corrected chi connectivity index (χ1v) is 7.11. The van der Waals surface area contributed by atoms with E-state index in [2.05, 4.69) is 16.6 Å². The average molecular weight is 286 g/mol. The van der Waals surface area contributed by atoms with Crippen LogP contribution in [-0.4, -0.2) is 34.4 Å². The second kappa shape index (κ2) is 7.09. The van der Waals surface area contributed by atoms with Gasteiger partial charge in [-0.2, -0.15) is 0 Å². The largest absolute Gasteiger partial charge is 0.384 e. The highest BCUT2D eigenvalue weighted by Crippen LogP contribution is 2.17. The number of nitrogens with two attached hydrogens (primary N) is 1. The molecule has 0 unspecified atom stereocenters. The van der Waals surface area contributed by atoms with Crippen LogP contribution in [0.2, 0.25) is 0 Å². The Hall–Kier alpha value is -1.62. The van der Waals surface area contributed by atoms with Crippen molar-refractivity contribution >= 4 is 15.7 Å². The minimum atomic E-state index is -3.55. The summed E-state index contributed by atoms with van der Waals surface area (Å²) >= 11 is 0. The average Bonchev–Trinajstić information content (AvgIpc) is 2.36. The van der Waals surface area contributed by atoms with Gasteiger partial charge in [0.1, 0.15) is 5.82 Å². The van der Waals surface area contributed by atoms with Crippen LogP contribution in [0.15, 0.2) is 18.2 Å². The zero-order valence-electron chi connectivity index (χ0n) is 10.4. The maximum atomic E-state index is 13.1.